The summed E-state index contributed by atoms with van der Waals surface area (Å²) in [7, 11) is -3.40. The molecular formula is C21H21FN2O3S2. The van der Waals surface area contributed by atoms with E-state index in [0.717, 1.165) is 36.2 Å². The highest BCUT2D eigenvalue weighted by Crippen LogP contribution is 2.33. The van der Waals surface area contributed by atoms with Crippen molar-refractivity contribution in [2.75, 3.05) is 19.3 Å². The summed E-state index contributed by atoms with van der Waals surface area (Å²) in [6.07, 6.45) is 4.43. The average molecular weight is 433 g/mol. The SMILES string of the molecule is CS(=O)(=O)c1ccc(F)cc1CN1CC[C@H](Sc2ccc3c(c2)CC=NC3=O)C1. The molecule has 4 rings (SSSR count). The third kappa shape index (κ3) is 4.60. The number of halogens is 1. The molecule has 5 nitrogen and oxygen atoms in total. The number of carbonyl (C=O) groups excluding carboxylic acids is 1. The fourth-order valence-electron chi connectivity index (χ4n) is 3.82. The number of likely N-dealkylation sites (tertiary alicyclic amines) is 1. The Balaban J connectivity index is 1.43. The molecule has 2 aliphatic rings. The van der Waals surface area contributed by atoms with Gasteiger partial charge in [0.25, 0.3) is 5.91 Å². The highest BCUT2D eigenvalue weighted by atomic mass is 32.2. The van der Waals surface area contributed by atoms with E-state index in [-0.39, 0.29) is 10.8 Å². The van der Waals surface area contributed by atoms with Crippen LogP contribution >= 0.6 is 11.8 Å². The molecule has 0 aromatic heterocycles. The Kier molecular flexibility index (Phi) is 5.59. The van der Waals surface area contributed by atoms with Crippen LogP contribution in [0.1, 0.15) is 27.9 Å². The van der Waals surface area contributed by atoms with Crippen LogP contribution < -0.4 is 0 Å². The minimum absolute atomic E-state index is 0.188. The second kappa shape index (κ2) is 8.01. The van der Waals surface area contributed by atoms with Gasteiger partial charge < -0.3 is 0 Å². The van der Waals surface area contributed by atoms with Crippen LogP contribution in [0.3, 0.4) is 0 Å². The molecule has 29 heavy (non-hydrogen) atoms. The first kappa shape index (κ1) is 20.3. The van der Waals surface area contributed by atoms with Crippen LogP contribution in [-0.4, -0.2) is 50.0 Å². The van der Waals surface area contributed by atoms with E-state index in [1.165, 1.54) is 18.2 Å². The molecule has 0 spiro atoms. The zero-order valence-electron chi connectivity index (χ0n) is 16.0. The standard InChI is InChI=1S/C21H21FN2O3S2/c1-29(26,27)20-5-2-16(22)10-15(20)12-24-9-7-18(13-24)28-17-3-4-19-14(11-17)6-8-23-21(19)25/h2-5,8,10-11,18H,6-7,9,12-13H2,1H3/t18-/m0/s1. The van der Waals surface area contributed by atoms with Gasteiger partial charge in [-0.15, -0.1) is 11.8 Å². The molecule has 0 bridgehead atoms. The van der Waals surface area contributed by atoms with Gasteiger partial charge >= 0.3 is 0 Å². The Morgan fingerprint density at radius 1 is 1.24 bits per heavy atom. The average Bonchev–Trinajstić information content (AvgIpc) is 3.07. The molecule has 1 amide bonds. The summed E-state index contributed by atoms with van der Waals surface area (Å²) in [6.45, 7) is 2.03. The number of nitrogens with zero attached hydrogens (tertiary/aromatic N) is 2. The summed E-state index contributed by atoms with van der Waals surface area (Å²) in [5.41, 5.74) is 2.18. The van der Waals surface area contributed by atoms with E-state index in [9.17, 15) is 17.6 Å². The molecule has 0 unspecified atom stereocenters. The molecule has 0 saturated carbocycles. The van der Waals surface area contributed by atoms with E-state index in [1.807, 2.05) is 12.1 Å². The number of fused-ring (bicyclic) bond motifs is 1. The number of aliphatic imine (C=N–C) groups is 1. The van der Waals surface area contributed by atoms with Crippen molar-refractivity contribution in [2.45, 2.75) is 34.4 Å². The van der Waals surface area contributed by atoms with Crippen LogP contribution in [0.4, 0.5) is 4.39 Å². The topological polar surface area (TPSA) is 66.8 Å². The number of sulfone groups is 1. The summed E-state index contributed by atoms with van der Waals surface area (Å²) >= 11 is 1.76. The number of hydrogen-bond donors (Lipinski definition) is 0. The number of benzene rings is 2. The molecule has 8 heteroatoms. The molecule has 2 aliphatic heterocycles. The van der Waals surface area contributed by atoms with Crippen molar-refractivity contribution in [1.82, 2.24) is 4.90 Å². The van der Waals surface area contributed by atoms with Gasteiger partial charge in [-0.3, -0.25) is 9.69 Å². The highest BCUT2D eigenvalue weighted by Gasteiger charge is 2.26. The van der Waals surface area contributed by atoms with Crippen LogP contribution in [0, 0.1) is 5.82 Å². The molecule has 0 radical (unpaired) electrons. The summed E-state index contributed by atoms with van der Waals surface area (Å²) in [4.78, 5) is 19.1. The van der Waals surface area contributed by atoms with E-state index < -0.39 is 15.7 Å². The second-order valence-electron chi connectivity index (χ2n) is 7.43. The van der Waals surface area contributed by atoms with Crippen LogP contribution in [0.15, 0.2) is 51.2 Å². The van der Waals surface area contributed by atoms with E-state index in [0.29, 0.717) is 29.3 Å². The van der Waals surface area contributed by atoms with Crippen LogP contribution in [0.2, 0.25) is 0 Å². The smallest absolute Gasteiger partial charge is 0.276 e. The highest BCUT2D eigenvalue weighted by molar-refractivity contribution is 8.00. The number of thioether (sulfide) groups is 1. The lowest BCUT2D eigenvalue weighted by Gasteiger charge is -2.18. The Morgan fingerprint density at radius 3 is 2.86 bits per heavy atom. The normalized spacial score (nSPS) is 19.5. The third-order valence-electron chi connectivity index (χ3n) is 5.17. The molecule has 2 aromatic rings. The maximum Gasteiger partial charge on any atom is 0.276 e. The van der Waals surface area contributed by atoms with Gasteiger partial charge in [-0.25, -0.2) is 17.8 Å². The third-order valence-corrected chi connectivity index (χ3v) is 7.62. The molecule has 2 aromatic carbocycles. The second-order valence-corrected chi connectivity index (χ2v) is 10.8. The van der Waals surface area contributed by atoms with Gasteiger partial charge in [0, 0.05) is 47.7 Å². The fourth-order valence-corrected chi connectivity index (χ4v) is 5.99. The minimum atomic E-state index is -3.40. The van der Waals surface area contributed by atoms with E-state index in [2.05, 4.69) is 16.0 Å². The lowest BCUT2D eigenvalue weighted by molar-refractivity contribution is 0.100. The van der Waals surface area contributed by atoms with Crippen molar-refractivity contribution in [3.8, 4) is 0 Å². The Labute approximate surface area is 173 Å². The van der Waals surface area contributed by atoms with Crippen LogP contribution in [0.25, 0.3) is 0 Å². The van der Waals surface area contributed by atoms with Gasteiger partial charge in [-0.05, 0) is 60.5 Å². The summed E-state index contributed by atoms with van der Waals surface area (Å²) in [6, 6.07) is 9.71. The number of amides is 1. The maximum absolute atomic E-state index is 13.7. The summed E-state index contributed by atoms with van der Waals surface area (Å²) in [5.74, 6) is -0.615. The van der Waals surface area contributed by atoms with Gasteiger partial charge in [-0.1, -0.05) is 0 Å². The van der Waals surface area contributed by atoms with Gasteiger partial charge in [0.15, 0.2) is 9.84 Å². The lowest BCUT2D eigenvalue weighted by atomic mass is 10.0. The van der Waals surface area contributed by atoms with Crippen molar-refractivity contribution in [2.24, 2.45) is 4.99 Å². The van der Waals surface area contributed by atoms with Gasteiger partial charge in [0.2, 0.25) is 0 Å². The molecule has 152 valence electrons. The molecule has 1 atom stereocenters. The fraction of sp³-hybridized carbons (Fsp3) is 0.333. The van der Waals surface area contributed by atoms with Crippen molar-refractivity contribution < 1.29 is 17.6 Å². The number of rotatable bonds is 5. The van der Waals surface area contributed by atoms with Gasteiger partial charge in [-0.2, -0.15) is 0 Å². The van der Waals surface area contributed by atoms with E-state index >= 15 is 0 Å². The van der Waals surface area contributed by atoms with Gasteiger partial charge in [0.05, 0.1) is 4.90 Å². The molecule has 0 N–H and O–H groups in total. The van der Waals surface area contributed by atoms with Crippen molar-refractivity contribution in [1.29, 1.82) is 0 Å². The molecular weight excluding hydrogens is 411 g/mol. The predicted molar refractivity (Wildman–Crippen MR) is 112 cm³/mol. The zero-order valence-corrected chi connectivity index (χ0v) is 17.6. The first-order valence-electron chi connectivity index (χ1n) is 9.37. The molecule has 2 heterocycles. The van der Waals surface area contributed by atoms with Gasteiger partial charge in [0.1, 0.15) is 5.82 Å². The number of carbonyl (C=O) groups is 1. The molecule has 0 aliphatic carbocycles. The van der Waals surface area contributed by atoms with Crippen molar-refractivity contribution in [3.63, 3.8) is 0 Å². The summed E-state index contributed by atoms with van der Waals surface area (Å²) in [5, 5.41) is 0.358. The lowest BCUT2D eigenvalue weighted by Crippen LogP contribution is -2.22. The largest absolute Gasteiger partial charge is 0.298 e. The first-order valence-corrected chi connectivity index (χ1v) is 12.1. The van der Waals surface area contributed by atoms with Crippen LogP contribution in [-0.2, 0) is 22.8 Å². The quantitative estimate of drug-likeness (QED) is 0.678. The van der Waals surface area contributed by atoms with E-state index in [4.69, 9.17) is 0 Å². The number of hydrogen-bond acceptors (Lipinski definition) is 5. The van der Waals surface area contributed by atoms with E-state index in [1.54, 1.807) is 18.0 Å². The Hall–Kier alpha value is -2.03. The zero-order chi connectivity index (χ0) is 20.6. The Morgan fingerprint density at radius 2 is 2.07 bits per heavy atom. The Bertz CT molecular complexity index is 1100. The van der Waals surface area contributed by atoms with Crippen molar-refractivity contribution >= 4 is 33.7 Å². The summed E-state index contributed by atoms with van der Waals surface area (Å²) < 4.78 is 37.7. The minimum Gasteiger partial charge on any atom is -0.298 e. The molecule has 1 saturated heterocycles. The predicted octanol–water partition coefficient (Wildman–Crippen LogP) is 3.36. The maximum atomic E-state index is 13.7. The van der Waals surface area contributed by atoms with Crippen molar-refractivity contribution in [3.05, 3.63) is 58.9 Å². The monoisotopic (exact) mass is 432 g/mol. The molecule has 1 fully saturated rings. The first-order chi connectivity index (χ1) is 13.8. The van der Waals surface area contributed by atoms with Crippen LogP contribution in [0.5, 0.6) is 0 Å².